The number of phosphoric acid groups is 1. The Labute approximate surface area is 505 Å². The molecule has 0 aromatic heterocycles. The van der Waals surface area contributed by atoms with Gasteiger partial charge < -0.3 is 28.5 Å². The van der Waals surface area contributed by atoms with Gasteiger partial charge in [-0.05, 0) is 31.8 Å². The van der Waals surface area contributed by atoms with Gasteiger partial charge in [-0.2, -0.15) is 0 Å². The van der Waals surface area contributed by atoms with Gasteiger partial charge >= 0.3 is 5.97 Å². The summed E-state index contributed by atoms with van der Waals surface area (Å²) in [5.74, 6) is -0.514. The van der Waals surface area contributed by atoms with E-state index in [1.54, 1.807) is 0 Å². The first-order valence-electron chi connectivity index (χ1n) is 36.0. The van der Waals surface area contributed by atoms with Crippen molar-refractivity contribution in [3.05, 3.63) is 12.2 Å². The zero-order chi connectivity index (χ0) is 59.3. The van der Waals surface area contributed by atoms with E-state index in [0.29, 0.717) is 17.4 Å². The molecule has 0 saturated heterocycles. The summed E-state index contributed by atoms with van der Waals surface area (Å²) in [4.78, 5) is 40.1. The molecule has 0 rings (SSSR count). The Morgan fingerprint density at radius 1 is 0.420 bits per heavy atom. The van der Waals surface area contributed by atoms with Crippen molar-refractivity contribution >= 4 is 19.7 Å². The second-order valence-electron chi connectivity index (χ2n) is 26.1. The molecule has 0 heterocycles. The number of nitrogens with zero attached hydrogens (tertiary/aromatic N) is 1. The Morgan fingerprint density at radius 3 is 1.01 bits per heavy atom. The molecule has 3 unspecified atom stereocenters. The molecular formula is C71H141N2O7P. The Hall–Kier alpha value is -1.25. The minimum atomic E-state index is -4.69. The van der Waals surface area contributed by atoms with Crippen LogP contribution in [0.5, 0.6) is 0 Å². The lowest BCUT2D eigenvalue weighted by Crippen LogP contribution is -2.47. The molecule has 81 heavy (non-hydrogen) atoms. The summed E-state index contributed by atoms with van der Waals surface area (Å²) in [5, 5.41) is 3.05. The predicted molar refractivity (Wildman–Crippen MR) is 349 cm³/mol. The average molecular weight is 1170 g/mol. The topological polar surface area (TPSA) is 114 Å². The summed E-state index contributed by atoms with van der Waals surface area (Å²) in [6, 6.07) is -0.880. The fourth-order valence-corrected chi connectivity index (χ4v) is 11.9. The van der Waals surface area contributed by atoms with Crippen molar-refractivity contribution in [2.45, 2.75) is 392 Å². The van der Waals surface area contributed by atoms with E-state index in [9.17, 15) is 19.0 Å². The van der Waals surface area contributed by atoms with Crippen molar-refractivity contribution in [1.29, 1.82) is 0 Å². The van der Waals surface area contributed by atoms with Gasteiger partial charge in [0.25, 0.3) is 7.82 Å². The number of likely N-dealkylation sites (N-methyl/N-ethyl adjacent to an activating group) is 1. The molecule has 1 amide bonds. The maximum atomic E-state index is 13.6. The monoisotopic (exact) mass is 1170 g/mol. The molecule has 9 nitrogen and oxygen atoms in total. The van der Waals surface area contributed by atoms with Gasteiger partial charge in [0, 0.05) is 12.8 Å². The molecule has 10 heteroatoms. The highest BCUT2D eigenvalue weighted by molar-refractivity contribution is 7.45. The molecule has 3 atom stereocenters. The first kappa shape index (κ1) is 79.8. The summed E-state index contributed by atoms with van der Waals surface area (Å²) in [6.45, 7) is 6.92. The lowest BCUT2D eigenvalue weighted by molar-refractivity contribution is -0.870. The number of esters is 1. The minimum Gasteiger partial charge on any atom is -0.756 e. The maximum Gasteiger partial charge on any atom is 0.306 e. The number of hydrogen-bond acceptors (Lipinski definition) is 7. The van der Waals surface area contributed by atoms with Crippen LogP contribution in [0, 0.1) is 0 Å². The molecule has 0 aliphatic heterocycles. The smallest absolute Gasteiger partial charge is 0.306 e. The number of unbranched alkanes of at least 4 members (excludes halogenated alkanes) is 51. The van der Waals surface area contributed by atoms with Gasteiger partial charge in [-0.25, -0.2) is 0 Å². The molecule has 1 N–H and O–H groups in total. The third-order valence-corrected chi connectivity index (χ3v) is 17.7. The van der Waals surface area contributed by atoms with Crippen molar-refractivity contribution in [2.75, 3.05) is 40.9 Å². The minimum absolute atomic E-state index is 0.0165. The summed E-state index contributed by atoms with van der Waals surface area (Å²) in [5.41, 5.74) is 0. The number of ether oxygens (including phenoxy) is 1. The maximum absolute atomic E-state index is 13.6. The van der Waals surface area contributed by atoms with E-state index in [1.165, 1.54) is 289 Å². The van der Waals surface area contributed by atoms with E-state index in [-0.39, 0.29) is 31.5 Å². The van der Waals surface area contributed by atoms with Gasteiger partial charge in [-0.15, -0.1) is 0 Å². The summed E-state index contributed by atoms with van der Waals surface area (Å²) >= 11 is 0. The van der Waals surface area contributed by atoms with E-state index < -0.39 is 20.0 Å². The molecule has 0 aromatic carbocycles. The fraction of sp³-hybridized carbons (Fsp3) is 0.944. The normalized spacial score (nSPS) is 13.5. The van der Waals surface area contributed by atoms with E-state index in [2.05, 4.69) is 26.1 Å². The van der Waals surface area contributed by atoms with Crippen LogP contribution < -0.4 is 10.2 Å². The SMILES string of the molecule is CCCCCCCCCCC/C=C\C(OC(=O)CCCCCCCCCCCCCCCCCCC)C(COP(=O)([O-])OCC[N+](C)(C)C)NC(=O)CCCCCCCCCCCCCCCCCCCCCCCCCCCCC. The number of quaternary nitrogens is 1. The standard InChI is InChI=1S/C71H141N2O7P/c1-7-10-13-16-19-22-25-27-29-31-32-33-34-35-36-37-38-39-40-42-43-45-48-51-54-57-60-63-70(74)72-68(67-79-81(76,77)78-66-65-73(4,5)6)69(62-59-56-53-50-47-24-21-18-15-12-9-3)80-71(75)64-61-58-55-52-49-46-44-41-30-28-26-23-20-17-14-11-8-2/h59,62,68-69H,7-58,60-61,63-67H2,1-6H3,(H-,72,74,76,77)/b62-59-. The highest BCUT2D eigenvalue weighted by Gasteiger charge is 2.27. The molecule has 0 bridgehead atoms. The van der Waals surface area contributed by atoms with Gasteiger partial charge in [-0.3, -0.25) is 14.2 Å². The molecule has 0 spiro atoms. The average Bonchev–Trinajstić information content (AvgIpc) is 3.44. The van der Waals surface area contributed by atoms with Crippen LogP contribution in [0.3, 0.4) is 0 Å². The zero-order valence-electron chi connectivity index (χ0n) is 55.3. The quantitative estimate of drug-likeness (QED) is 0.0212. The van der Waals surface area contributed by atoms with E-state index in [1.807, 2.05) is 33.3 Å². The number of rotatable bonds is 67. The number of carbonyl (C=O) groups excluding carboxylic acids is 2. The first-order chi connectivity index (χ1) is 39.4. The van der Waals surface area contributed by atoms with Crippen LogP contribution >= 0.6 is 7.82 Å². The Kier molecular flexibility index (Phi) is 60.9. The first-order valence-corrected chi connectivity index (χ1v) is 37.5. The number of hydrogen-bond donors (Lipinski definition) is 1. The third kappa shape index (κ3) is 63.1. The van der Waals surface area contributed by atoms with Gasteiger partial charge in [-0.1, -0.05) is 348 Å². The Bertz CT molecular complexity index is 1390. The van der Waals surface area contributed by atoms with Crippen LogP contribution in [0.2, 0.25) is 0 Å². The van der Waals surface area contributed by atoms with Gasteiger partial charge in [0.05, 0.1) is 33.8 Å². The molecular weight excluding hydrogens is 1020 g/mol. The number of phosphoric ester groups is 1. The second kappa shape index (κ2) is 61.8. The van der Waals surface area contributed by atoms with Gasteiger partial charge in [0.1, 0.15) is 19.3 Å². The third-order valence-electron chi connectivity index (χ3n) is 16.7. The second-order valence-corrected chi connectivity index (χ2v) is 27.5. The van der Waals surface area contributed by atoms with Crippen molar-refractivity contribution in [3.8, 4) is 0 Å². The largest absolute Gasteiger partial charge is 0.756 e. The van der Waals surface area contributed by atoms with Crippen LogP contribution in [-0.2, 0) is 27.9 Å². The summed E-state index contributed by atoms with van der Waals surface area (Å²) in [7, 11) is 1.21. The molecule has 0 saturated carbocycles. The van der Waals surface area contributed by atoms with E-state index in [0.717, 1.165) is 57.8 Å². The lowest BCUT2D eigenvalue weighted by Gasteiger charge is -2.30. The number of carbonyl (C=O) groups is 2. The van der Waals surface area contributed by atoms with Crippen molar-refractivity contribution in [2.24, 2.45) is 0 Å². The fourth-order valence-electron chi connectivity index (χ4n) is 11.2. The molecule has 0 aromatic rings. The van der Waals surface area contributed by atoms with E-state index in [4.69, 9.17) is 13.8 Å². The highest BCUT2D eigenvalue weighted by atomic mass is 31.2. The van der Waals surface area contributed by atoms with E-state index >= 15 is 0 Å². The summed E-state index contributed by atoms with van der Waals surface area (Å²) < 4.78 is 30.4. The van der Waals surface area contributed by atoms with Gasteiger partial charge in [0.2, 0.25) is 5.91 Å². The predicted octanol–water partition coefficient (Wildman–Crippen LogP) is 22.1. The van der Waals surface area contributed by atoms with Crippen molar-refractivity contribution < 1.29 is 37.3 Å². The molecule has 0 radical (unpaired) electrons. The van der Waals surface area contributed by atoms with Crippen LogP contribution in [0.1, 0.15) is 380 Å². The van der Waals surface area contributed by atoms with Crippen molar-refractivity contribution in [3.63, 3.8) is 0 Å². The molecule has 482 valence electrons. The molecule has 0 fully saturated rings. The van der Waals surface area contributed by atoms with Crippen molar-refractivity contribution in [1.82, 2.24) is 5.32 Å². The van der Waals surface area contributed by atoms with Crippen LogP contribution in [0.15, 0.2) is 12.2 Å². The molecule has 0 aliphatic rings. The highest BCUT2D eigenvalue weighted by Crippen LogP contribution is 2.38. The molecule has 0 aliphatic carbocycles. The number of allylic oxidation sites excluding steroid dienone is 1. The van der Waals surface area contributed by atoms with Crippen LogP contribution in [0.25, 0.3) is 0 Å². The van der Waals surface area contributed by atoms with Crippen LogP contribution in [-0.4, -0.2) is 69.4 Å². The lowest BCUT2D eigenvalue weighted by atomic mass is 10.0. The number of nitrogens with one attached hydrogen (secondary N) is 1. The summed E-state index contributed by atoms with van der Waals surface area (Å²) in [6.07, 6.45) is 73.5. The van der Waals surface area contributed by atoms with Crippen LogP contribution in [0.4, 0.5) is 0 Å². The zero-order valence-corrected chi connectivity index (χ0v) is 56.2. The van der Waals surface area contributed by atoms with Gasteiger partial charge in [0.15, 0.2) is 0 Å². The Balaban J connectivity index is 4.90. The number of amides is 1. The Morgan fingerprint density at radius 2 is 0.704 bits per heavy atom.